The summed E-state index contributed by atoms with van der Waals surface area (Å²) in [5.41, 5.74) is 1.38. The van der Waals surface area contributed by atoms with E-state index in [2.05, 4.69) is 25.8 Å². The fraction of sp³-hybridized carbons (Fsp3) is 0.154. The summed E-state index contributed by atoms with van der Waals surface area (Å²) in [7, 11) is 0. The van der Waals surface area contributed by atoms with Gasteiger partial charge in [0.2, 0.25) is 0 Å². The first kappa shape index (κ1) is 13.8. The molecule has 2 rings (SSSR count). The lowest BCUT2D eigenvalue weighted by Crippen LogP contribution is -2.31. The second-order valence-electron chi connectivity index (χ2n) is 3.86. The minimum absolute atomic E-state index is 0.352. The molecule has 0 spiro atoms. The normalized spacial score (nSPS) is 9.55. The number of nitrogens with one attached hydrogen (secondary N) is 2. The summed E-state index contributed by atoms with van der Waals surface area (Å²) < 4.78 is 0. The van der Waals surface area contributed by atoms with E-state index < -0.39 is 0 Å². The topological polar surface area (TPSA) is 86.5 Å². The van der Waals surface area contributed by atoms with Crippen molar-refractivity contribution in [3.05, 3.63) is 47.9 Å². The van der Waals surface area contributed by atoms with Gasteiger partial charge < -0.3 is 10.6 Å². The molecule has 2 aromatic rings. The van der Waals surface area contributed by atoms with E-state index >= 15 is 0 Å². The molecule has 2 heterocycles. The fourth-order valence-corrected chi connectivity index (χ4v) is 1.71. The predicted molar refractivity (Wildman–Crippen MR) is 78.9 cm³/mol. The van der Waals surface area contributed by atoms with Crippen LogP contribution in [-0.2, 0) is 6.42 Å². The first-order valence-corrected chi connectivity index (χ1v) is 6.37. The third-order valence-electron chi connectivity index (χ3n) is 2.47. The zero-order valence-corrected chi connectivity index (χ0v) is 11.4. The smallest absolute Gasteiger partial charge is 0.172 e. The van der Waals surface area contributed by atoms with Gasteiger partial charge >= 0.3 is 0 Å². The summed E-state index contributed by atoms with van der Waals surface area (Å²) in [6.07, 6.45) is 3.97. The third-order valence-corrected chi connectivity index (χ3v) is 2.71. The van der Waals surface area contributed by atoms with Crippen LogP contribution in [0.25, 0.3) is 0 Å². The highest BCUT2D eigenvalue weighted by atomic mass is 32.1. The number of hydrogen-bond acceptors (Lipinski definition) is 5. The molecular formula is C13H12N6S. The summed E-state index contributed by atoms with van der Waals surface area (Å²) in [6.45, 7) is 0.644. The Morgan fingerprint density at radius 2 is 2.20 bits per heavy atom. The van der Waals surface area contributed by atoms with E-state index in [-0.39, 0.29) is 0 Å². The molecule has 2 N–H and O–H groups in total. The Hall–Kier alpha value is -2.59. The molecule has 0 radical (unpaired) electrons. The monoisotopic (exact) mass is 284 g/mol. The van der Waals surface area contributed by atoms with E-state index in [1.165, 1.54) is 6.20 Å². The average Bonchev–Trinajstić information content (AvgIpc) is 2.49. The molecule has 7 heteroatoms. The van der Waals surface area contributed by atoms with Gasteiger partial charge in [-0.2, -0.15) is 10.4 Å². The van der Waals surface area contributed by atoms with Crippen LogP contribution in [0.1, 0.15) is 11.3 Å². The van der Waals surface area contributed by atoms with Crippen molar-refractivity contribution < 1.29 is 0 Å². The largest absolute Gasteiger partial charge is 0.362 e. The summed E-state index contributed by atoms with van der Waals surface area (Å²) in [5, 5.41) is 22.8. The number of anilines is 1. The zero-order valence-electron chi connectivity index (χ0n) is 10.6. The molecular weight excluding hydrogens is 272 g/mol. The number of hydrogen-bond donors (Lipinski definition) is 2. The predicted octanol–water partition coefficient (Wildman–Crippen LogP) is 1.27. The van der Waals surface area contributed by atoms with Gasteiger partial charge in [0.15, 0.2) is 10.9 Å². The van der Waals surface area contributed by atoms with E-state index in [1.807, 2.05) is 24.3 Å². The minimum atomic E-state index is 0.352. The maximum Gasteiger partial charge on any atom is 0.172 e. The lowest BCUT2D eigenvalue weighted by atomic mass is 10.3. The van der Waals surface area contributed by atoms with Gasteiger partial charge in [-0.15, -0.1) is 5.10 Å². The van der Waals surface area contributed by atoms with Crippen LogP contribution in [0, 0.1) is 11.3 Å². The second-order valence-corrected chi connectivity index (χ2v) is 4.27. The molecule has 6 nitrogen and oxygen atoms in total. The SMILES string of the molecule is N#Cc1ccnnc1NC(=S)NCCc1ccccn1. The molecule has 0 aromatic carbocycles. The summed E-state index contributed by atoms with van der Waals surface area (Å²) in [5.74, 6) is 0.352. The third kappa shape index (κ3) is 3.96. The second kappa shape index (κ2) is 7.11. The molecule has 100 valence electrons. The van der Waals surface area contributed by atoms with Gasteiger partial charge in [0, 0.05) is 24.9 Å². The number of thiocarbonyl (C=S) groups is 1. The lowest BCUT2D eigenvalue weighted by Gasteiger charge is -2.09. The van der Waals surface area contributed by atoms with Crippen molar-refractivity contribution in [2.24, 2.45) is 0 Å². The quantitative estimate of drug-likeness (QED) is 0.818. The van der Waals surface area contributed by atoms with Crippen LogP contribution in [0.3, 0.4) is 0 Å². The Morgan fingerprint density at radius 3 is 2.95 bits per heavy atom. The van der Waals surface area contributed by atoms with Crippen LogP contribution in [0.5, 0.6) is 0 Å². The molecule has 2 aromatic heterocycles. The summed E-state index contributed by atoms with van der Waals surface area (Å²) in [6, 6.07) is 9.37. The maximum atomic E-state index is 8.93. The Bertz CT molecular complexity index is 622. The van der Waals surface area contributed by atoms with E-state index in [0.717, 1.165) is 12.1 Å². The maximum absolute atomic E-state index is 8.93. The van der Waals surface area contributed by atoms with Crippen molar-refractivity contribution in [3.8, 4) is 6.07 Å². The Morgan fingerprint density at radius 1 is 1.30 bits per heavy atom. The summed E-state index contributed by atoms with van der Waals surface area (Å²) in [4.78, 5) is 4.22. The van der Waals surface area contributed by atoms with E-state index in [1.54, 1.807) is 12.3 Å². The van der Waals surface area contributed by atoms with E-state index in [4.69, 9.17) is 17.5 Å². The number of pyridine rings is 1. The first-order chi connectivity index (χ1) is 9.79. The van der Waals surface area contributed by atoms with Crippen LogP contribution in [-0.4, -0.2) is 26.8 Å². The molecule has 0 atom stereocenters. The molecule has 0 bridgehead atoms. The average molecular weight is 284 g/mol. The van der Waals surface area contributed by atoms with Crippen molar-refractivity contribution in [1.82, 2.24) is 20.5 Å². The lowest BCUT2D eigenvalue weighted by molar-refractivity contribution is 0.846. The molecule has 0 aliphatic heterocycles. The fourth-order valence-electron chi connectivity index (χ4n) is 1.52. The van der Waals surface area contributed by atoms with E-state index in [0.29, 0.717) is 23.0 Å². The molecule has 0 saturated heterocycles. The van der Waals surface area contributed by atoms with Gasteiger partial charge in [0.1, 0.15) is 6.07 Å². The van der Waals surface area contributed by atoms with Crippen LogP contribution in [0.15, 0.2) is 36.7 Å². The van der Waals surface area contributed by atoms with Crippen LogP contribution >= 0.6 is 12.2 Å². The molecule has 20 heavy (non-hydrogen) atoms. The van der Waals surface area contributed by atoms with Gasteiger partial charge in [0.05, 0.1) is 11.8 Å². The van der Waals surface area contributed by atoms with Crippen molar-refractivity contribution in [1.29, 1.82) is 5.26 Å². The Kier molecular flexibility index (Phi) is 4.92. The molecule has 0 aliphatic rings. The van der Waals surface area contributed by atoms with Gasteiger partial charge in [-0.1, -0.05) is 6.07 Å². The van der Waals surface area contributed by atoms with Gasteiger partial charge in [-0.3, -0.25) is 4.98 Å². The Balaban J connectivity index is 1.83. The van der Waals surface area contributed by atoms with Crippen molar-refractivity contribution in [2.45, 2.75) is 6.42 Å². The summed E-state index contributed by atoms with van der Waals surface area (Å²) >= 11 is 5.14. The van der Waals surface area contributed by atoms with E-state index in [9.17, 15) is 0 Å². The molecule has 0 fully saturated rings. The molecule has 0 aliphatic carbocycles. The number of nitriles is 1. The first-order valence-electron chi connectivity index (χ1n) is 5.96. The van der Waals surface area contributed by atoms with Crippen molar-refractivity contribution in [2.75, 3.05) is 11.9 Å². The molecule has 0 unspecified atom stereocenters. The van der Waals surface area contributed by atoms with Crippen molar-refractivity contribution in [3.63, 3.8) is 0 Å². The Labute approximate surface area is 121 Å². The van der Waals surface area contributed by atoms with Gasteiger partial charge in [-0.25, -0.2) is 0 Å². The number of nitrogens with zero attached hydrogens (tertiary/aromatic N) is 4. The van der Waals surface area contributed by atoms with Crippen molar-refractivity contribution >= 4 is 23.1 Å². The number of rotatable bonds is 4. The minimum Gasteiger partial charge on any atom is -0.362 e. The number of aromatic nitrogens is 3. The van der Waals surface area contributed by atoms with Crippen LogP contribution in [0.4, 0.5) is 5.82 Å². The van der Waals surface area contributed by atoms with Crippen LogP contribution in [0.2, 0.25) is 0 Å². The zero-order chi connectivity index (χ0) is 14.2. The highest BCUT2D eigenvalue weighted by molar-refractivity contribution is 7.80. The highest BCUT2D eigenvalue weighted by Crippen LogP contribution is 2.07. The highest BCUT2D eigenvalue weighted by Gasteiger charge is 2.05. The van der Waals surface area contributed by atoms with Gasteiger partial charge in [-0.05, 0) is 30.4 Å². The molecule has 0 amide bonds. The molecule has 0 saturated carbocycles. The van der Waals surface area contributed by atoms with Gasteiger partial charge in [0.25, 0.3) is 0 Å². The standard InChI is InChI=1S/C13H12N6S/c14-9-10-4-8-17-19-12(10)18-13(20)16-7-5-11-3-1-2-6-15-11/h1-4,6,8H,5,7H2,(H2,16,18,19,20). The van der Waals surface area contributed by atoms with Crippen LogP contribution < -0.4 is 10.6 Å².